The van der Waals surface area contributed by atoms with Gasteiger partial charge in [0.1, 0.15) is 12.4 Å². The normalized spacial score (nSPS) is 13.3. The number of nitrogens with one attached hydrogen (secondary N) is 4. The molecule has 0 radical (unpaired) electrons. The number of anilines is 2. The highest BCUT2D eigenvalue weighted by atomic mass is 35.5. The number of aromatic carboxylic acids is 1. The summed E-state index contributed by atoms with van der Waals surface area (Å²) < 4.78 is 0. The molecular weight excluding hydrogens is 496 g/mol. The van der Waals surface area contributed by atoms with Crippen LogP contribution < -0.4 is 26.7 Å². The van der Waals surface area contributed by atoms with E-state index in [2.05, 4.69) is 26.8 Å². The fourth-order valence-electron chi connectivity index (χ4n) is 3.57. The van der Waals surface area contributed by atoms with Gasteiger partial charge in [0.25, 0.3) is 0 Å². The maximum Gasteiger partial charge on any atom is 0.335 e. The molecule has 3 aromatic carbocycles. The third-order valence-corrected chi connectivity index (χ3v) is 5.62. The number of nitrogens with zero attached hydrogens (tertiary/aromatic N) is 2. The first-order valence-electron chi connectivity index (χ1n) is 11.2. The molecule has 2 amide bonds. The molecule has 5 N–H and O–H groups in total. The molecule has 1 aliphatic rings. The lowest BCUT2D eigenvalue weighted by Crippen LogP contribution is -2.44. The third kappa shape index (κ3) is 6.94. The Kier molecular flexibility index (Phi) is 8.14. The van der Waals surface area contributed by atoms with E-state index in [1.54, 1.807) is 29.3 Å². The highest BCUT2D eigenvalue weighted by Crippen LogP contribution is 2.24. The van der Waals surface area contributed by atoms with Crippen LogP contribution in [0, 0.1) is 0 Å². The molecule has 0 unspecified atom stereocenters. The Hall–Kier alpha value is -4.67. The maximum atomic E-state index is 13.1. The Balaban J connectivity index is 1.50. The molecule has 0 saturated heterocycles. The lowest BCUT2D eigenvalue weighted by molar-refractivity contribution is -0.123. The molecule has 0 bridgehead atoms. The Bertz CT molecular complexity index is 1340. The van der Waals surface area contributed by atoms with Crippen molar-refractivity contribution < 1.29 is 19.5 Å². The van der Waals surface area contributed by atoms with Crippen LogP contribution in [0.25, 0.3) is 6.08 Å². The van der Waals surface area contributed by atoms with Crippen LogP contribution in [0.15, 0.2) is 84.0 Å². The number of rotatable bonds is 9. The largest absolute Gasteiger partial charge is 0.478 e. The smallest absolute Gasteiger partial charge is 0.335 e. The van der Waals surface area contributed by atoms with E-state index in [9.17, 15) is 14.4 Å². The Labute approximate surface area is 217 Å². The second-order valence-corrected chi connectivity index (χ2v) is 8.43. The maximum absolute atomic E-state index is 13.1. The van der Waals surface area contributed by atoms with Gasteiger partial charge in [0.2, 0.25) is 11.8 Å². The van der Waals surface area contributed by atoms with Crippen molar-refractivity contribution in [1.82, 2.24) is 16.4 Å². The van der Waals surface area contributed by atoms with Crippen molar-refractivity contribution in [3.8, 4) is 0 Å². The fourth-order valence-corrected chi connectivity index (χ4v) is 3.75. The standard InChI is InChI=1S/C26H23ClN6O4/c27-20-9-12-23(33-16-28-31-32-33)19(15-20)8-13-24(34)30-22(14-17-4-2-1-3-5-17)25(35)29-21-10-6-18(7-11-21)26(36)37/h1-13,15-16,22,31-32H,14H2,(H,29,35)(H,30,34)(H,36,37)/b13-8+/t22-/m0/s1. The van der Waals surface area contributed by atoms with E-state index in [-0.39, 0.29) is 12.0 Å². The minimum Gasteiger partial charge on any atom is -0.478 e. The number of carbonyl (C=O) groups is 3. The number of carboxylic acid groups (broad SMARTS) is 1. The van der Waals surface area contributed by atoms with E-state index < -0.39 is 23.8 Å². The van der Waals surface area contributed by atoms with Gasteiger partial charge < -0.3 is 15.7 Å². The average Bonchev–Trinajstić information content (AvgIpc) is 3.43. The predicted octanol–water partition coefficient (Wildman–Crippen LogP) is 3.19. The van der Waals surface area contributed by atoms with Crippen molar-refractivity contribution in [2.45, 2.75) is 12.5 Å². The first-order valence-corrected chi connectivity index (χ1v) is 11.6. The molecule has 10 nitrogen and oxygen atoms in total. The predicted molar refractivity (Wildman–Crippen MR) is 142 cm³/mol. The third-order valence-electron chi connectivity index (χ3n) is 5.39. The number of carbonyl (C=O) groups excluding carboxylic acids is 2. The second kappa shape index (κ2) is 11.8. The van der Waals surface area contributed by atoms with Gasteiger partial charge in [-0.3, -0.25) is 9.59 Å². The van der Waals surface area contributed by atoms with Gasteiger partial charge in [-0.05, 0) is 54.1 Å². The number of halogens is 1. The van der Waals surface area contributed by atoms with Crippen molar-refractivity contribution in [3.63, 3.8) is 0 Å². The molecule has 0 aliphatic carbocycles. The minimum absolute atomic E-state index is 0.101. The van der Waals surface area contributed by atoms with Crippen LogP contribution in [-0.2, 0) is 16.0 Å². The average molecular weight is 519 g/mol. The number of amides is 2. The molecule has 11 heteroatoms. The summed E-state index contributed by atoms with van der Waals surface area (Å²) in [5.41, 5.74) is 8.15. The molecule has 0 spiro atoms. The summed E-state index contributed by atoms with van der Waals surface area (Å²) >= 11 is 6.15. The second-order valence-electron chi connectivity index (χ2n) is 8.00. The highest BCUT2D eigenvalue weighted by Gasteiger charge is 2.21. The van der Waals surface area contributed by atoms with Crippen molar-refractivity contribution in [3.05, 3.63) is 101 Å². The monoisotopic (exact) mass is 518 g/mol. The molecule has 37 heavy (non-hydrogen) atoms. The molecule has 0 fully saturated rings. The summed E-state index contributed by atoms with van der Waals surface area (Å²) in [6.07, 6.45) is 4.70. The van der Waals surface area contributed by atoms with E-state index in [0.29, 0.717) is 22.0 Å². The summed E-state index contributed by atoms with van der Waals surface area (Å²) in [5.74, 6) is -1.99. The zero-order valence-corrected chi connectivity index (χ0v) is 20.1. The minimum atomic E-state index is -1.06. The lowest BCUT2D eigenvalue weighted by atomic mass is 10.0. The molecule has 1 heterocycles. The van der Waals surface area contributed by atoms with Crippen LogP contribution in [0.1, 0.15) is 21.5 Å². The van der Waals surface area contributed by atoms with Crippen LogP contribution in [0.2, 0.25) is 5.02 Å². The zero-order valence-electron chi connectivity index (χ0n) is 19.4. The van der Waals surface area contributed by atoms with E-state index in [1.807, 2.05) is 30.3 Å². The Morgan fingerprint density at radius 1 is 1.05 bits per heavy atom. The lowest BCUT2D eigenvalue weighted by Gasteiger charge is -2.18. The number of benzene rings is 3. The first kappa shape index (κ1) is 25.4. The molecule has 0 aromatic heterocycles. The number of hydrazine groups is 2. The van der Waals surface area contributed by atoms with Crippen LogP contribution >= 0.6 is 11.6 Å². The van der Waals surface area contributed by atoms with E-state index in [4.69, 9.17) is 16.7 Å². The van der Waals surface area contributed by atoms with E-state index >= 15 is 0 Å². The van der Waals surface area contributed by atoms with Crippen LogP contribution in [0.3, 0.4) is 0 Å². The number of hydrogen-bond acceptors (Lipinski definition) is 7. The van der Waals surface area contributed by atoms with Crippen LogP contribution in [0.4, 0.5) is 11.4 Å². The van der Waals surface area contributed by atoms with E-state index in [1.165, 1.54) is 36.7 Å². The summed E-state index contributed by atoms with van der Waals surface area (Å²) in [6, 6.07) is 19.3. The molecule has 188 valence electrons. The summed E-state index contributed by atoms with van der Waals surface area (Å²) in [6.45, 7) is 0. The van der Waals surface area contributed by atoms with Gasteiger partial charge in [0, 0.05) is 28.8 Å². The molecule has 0 saturated carbocycles. The van der Waals surface area contributed by atoms with Gasteiger partial charge in [-0.25, -0.2) is 15.3 Å². The van der Waals surface area contributed by atoms with Crippen molar-refractivity contribution >= 4 is 53.2 Å². The number of carboxylic acids is 1. The van der Waals surface area contributed by atoms with Gasteiger partial charge in [0.15, 0.2) is 0 Å². The van der Waals surface area contributed by atoms with Crippen molar-refractivity contribution in [2.75, 3.05) is 10.3 Å². The fraction of sp³-hybridized carbons (Fsp3) is 0.0769. The van der Waals surface area contributed by atoms with E-state index in [0.717, 1.165) is 5.56 Å². The zero-order chi connectivity index (χ0) is 26.2. The first-order chi connectivity index (χ1) is 17.9. The molecule has 4 rings (SSSR count). The molecule has 1 aliphatic heterocycles. The Morgan fingerprint density at radius 2 is 1.81 bits per heavy atom. The number of hydrogen-bond donors (Lipinski definition) is 5. The molecular formula is C26H23ClN6O4. The summed E-state index contributed by atoms with van der Waals surface area (Å²) in [4.78, 5) is 37.0. The Morgan fingerprint density at radius 3 is 2.49 bits per heavy atom. The van der Waals surface area contributed by atoms with Crippen LogP contribution in [-0.4, -0.2) is 35.3 Å². The van der Waals surface area contributed by atoms with Crippen LogP contribution in [0.5, 0.6) is 0 Å². The molecule has 1 atom stereocenters. The number of hydrazone groups is 1. The van der Waals surface area contributed by atoms with Gasteiger partial charge in [-0.1, -0.05) is 41.9 Å². The SMILES string of the molecule is O=C(/C=C/c1cc(Cl)ccc1N1C=NNN1)N[C@@H](Cc1ccccc1)C(=O)Nc1ccc(C(=O)O)cc1. The summed E-state index contributed by atoms with van der Waals surface area (Å²) in [7, 11) is 0. The van der Waals surface area contributed by atoms with Crippen molar-refractivity contribution in [1.29, 1.82) is 0 Å². The van der Waals surface area contributed by atoms with Gasteiger partial charge in [-0.2, -0.15) is 5.10 Å². The quantitative estimate of drug-likeness (QED) is 0.274. The van der Waals surface area contributed by atoms with Gasteiger partial charge in [0.05, 0.1) is 11.3 Å². The highest BCUT2D eigenvalue weighted by molar-refractivity contribution is 6.30. The molecule has 3 aromatic rings. The summed E-state index contributed by atoms with van der Waals surface area (Å²) in [5, 5.41) is 20.6. The van der Waals surface area contributed by atoms with Crippen molar-refractivity contribution in [2.24, 2.45) is 5.10 Å². The van der Waals surface area contributed by atoms with Gasteiger partial charge in [-0.15, -0.1) is 5.53 Å². The van der Waals surface area contributed by atoms with Gasteiger partial charge >= 0.3 is 5.97 Å². The topological polar surface area (TPSA) is 135 Å².